The number of benzene rings is 1. The van der Waals surface area contributed by atoms with Crippen molar-refractivity contribution in [2.45, 2.75) is 38.5 Å². The summed E-state index contributed by atoms with van der Waals surface area (Å²) in [6.45, 7) is 0.00708. The minimum absolute atomic E-state index is 0.0128. The van der Waals surface area contributed by atoms with Gasteiger partial charge in [0.25, 0.3) is 5.91 Å². The number of methoxy groups -OCH3 is 1. The molecule has 162 valence electrons. The summed E-state index contributed by atoms with van der Waals surface area (Å²) in [4.78, 5) is 49.8. The zero-order chi connectivity index (χ0) is 21.5. The average Bonchev–Trinajstić information content (AvgIpc) is 3.01. The number of esters is 1. The Labute approximate surface area is 175 Å². The number of hydrogen-bond donors (Lipinski definition) is 1. The van der Waals surface area contributed by atoms with Crippen LogP contribution in [0, 0.1) is 11.8 Å². The first-order valence-corrected chi connectivity index (χ1v) is 10.4. The van der Waals surface area contributed by atoms with Gasteiger partial charge in [0.1, 0.15) is 5.75 Å². The van der Waals surface area contributed by atoms with Crippen LogP contribution >= 0.6 is 0 Å². The van der Waals surface area contributed by atoms with Crippen LogP contribution in [0.15, 0.2) is 24.3 Å². The van der Waals surface area contributed by atoms with E-state index < -0.39 is 18.5 Å². The fourth-order valence-corrected chi connectivity index (χ4v) is 4.17. The maximum absolute atomic E-state index is 12.4. The van der Waals surface area contributed by atoms with Crippen molar-refractivity contribution in [3.63, 3.8) is 0 Å². The summed E-state index contributed by atoms with van der Waals surface area (Å²) >= 11 is 0. The normalized spacial score (nSPS) is 20.6. The van der Waals surface area contributed by atoms with Gasteiger partial charge in [-0.2, -0.15) is 0 Å². The minimum atomic E-state index is -0.606. The molecule has 1 saturated heterocycles. The van der Waals surface area contributed by atoms with Gasteiger partial charge >= 0.3 is 5.97 Å². The van der Waals surface area contributed by atoms with Crippen LogP contribution in [0.2, 0.25) is 0 Å². The molecule has 1 saturated carbocycles. The van der Waals surface area contributed by atoms with Crippen LogP contribution in [0.1, 0.15) is 37.7 Å². The summed E-state index contributed by atoms with van der Waals surface area (Å²) < 4.78 is 10.2. The van der Waals surface area contributed by atoms with Crippen LogP contribution in [0.4, 0.5) is 0 Å². The van der Waals surface area contributed by atoms with E-state index in [-0.39, 0.29) is 36.6 Å². The standard InChI is InChI=1S/C22H28N2O6/c1-29-18-9-5-2-6-15(18)10-12-23-19(25)14-30-20(26)11-13-24-21(27)16-7-3-4-8-17(16)22(24)28/h2,5-6,9,16-17H,3-4,7-8,10-14H2,1H3,(H,23,25)/t16-,17-/m1/s1. The Morgan fingerprint density at radius 3 is 2.43 bits per heavy atom. The van der Waals surface area contributed by atoms with Gasteiger partial charge in [0.2, 0.25) is 11.8 Å². The fourth-order valence-electron chi connectivity index (χ4n) is 4.17. The van der Waals surface area contributed by atoms with E-state index >= 15 is 0 Å². The van der Waals surface area contributed by atoms with Gasteiger partial charge in [-0.1, -0.05) is 31.0 Å². The van der Waals surface area contributed by atoms with Gasteiger partial charge in [0.15, 0.2) is 6.61 Å². The molecule has 1 aliphatic heterocycles. The van der Waals surface area contributed by atoms with Crippen molar-refractivity contribution in [3.8, 4) is 5.75 Å². The summed E-state index contributed by atoms with van der Waals surface area (Å²) in [5.74, 6) is -1.06. The summed E-state index contributed by atoms with van der Waals surface area (Å²) in [6.07, 6.45) is 3.89. The second-order valence-corrected chi connectivity index (χ2v) is 7.65. The number of carbonyl (C=O) groups excluding carboxylic acids is 4. The third kappa shape index (κ3) is 5.17. The molecule has 2 atom stereocenters. The monoisotopic (exact) mass is 416 g/mol. The molecule has 2 aliphatic rings. The van der Waals surface area contributed by atoms with Gasteiger partial charge in [0.05, 0.1) is 25.4 Å². The highest BCUT2D eigenvalue weighted by Gasteiger charge is 2.47. The summed E-state index contributed by atoms with van der Waals surface area (Å²) in [7, 11) is 1.59. The maximum Gasteiger partial charge on any atom is 0.308 e. The highest BCUT2D eigenvalue weighted by atomic mass is 16.5. The number of rotatable bonds is 9. The lowest BCUT2D eigenvalue weighted by Gasteiger charge is -2.19. The average molecular weight is 416 g/mol. The Kier molecular flexibility index (Phi) is 7.43. The van der Waals surface area contributed by atoms with Gasteiger partial charge in [-0.25, -0.2) is 0 Å². The molecule has 0 spiro atoms. The Morgan fingerprint density at radius 2 is 1.77 bits per heavy atom. The molecule has 1 heterocycles. The first-order chi connectivity index (χ1) is 14.5. The van der Waals surface area contributed by atoms with Crippen molar-refractivity contribution in [2.75, 3.05) is 26.8 Å². The Hall–Kier alpha value is -2.90. The zero-order valence-corrected chi connectivity index (χ0v) is 17.2. The molecule has 0 unspecified atom stereocenters. The van der Waals surface area contributed by atoms with Crippen molar-refractivity contribution < 1.29 is 28.7 Å². The van der Waals surface area contributed by atoms with Crippen LogP contribution in [-0.4, -0.2) is 55.4 Å². The van der Waals surface area contributed by atoms with Crippen molar-refractivity contribution in [1.29, 1.82) is 0 Å². The molecule has 8 heteroatoms. The topological polar surface area (TPSA) is 102 Å². The number of para-hydroxylation sites is 1. The summed E-state index contributed by atoms with van der Waals surface area (Å²) in [5.41, 5.74) is 0.970. The van der Waals surface area contributed by atoms with Gasteiger partial charge < -0.3 is 14.8 Å². The SMILES string of the molecule is COc1ccccc1CCNC(=O)COC(=O)CCN1C(=O)[C@@H]2CCCC[C@H]2C1=O. The number of nitrogens with zero attached hydrogens (tertiary/aromatic N) is 1. The highest BCUT2D eigenvalue weighted by Crippen LogP contribution is 2.37. The molecule has 8 nitrogen and oxygen atoms in total. The predicted molar refractivity (Wildman–Crippen MR) is 107 cm³/mol. The highest BCUT2D eigenvalue weighted by molar-refractivity contribution is 6.05. The molecular formula is C22H28N2O6. The molecular weight excluding hydrogens is 388 g/mol. The van der Waals surface area contributed by atoms with Gasteiger partial charge in [-0.15, -0.1) is 0 Å². The first-order valence-electron chi connectivity index (χ1n) is 10.4. The predicted octanol–water partition coefficient (Wildman–Crippen LogP) is 1.46. The number of hydrogen-bond acceptors (Lipinski definition) is 6. The van der Waals surface area contributed by atoms with E-state index in [0.717, 1.165) is 37.0 Å². The van der Waals surface area contributed by atoms with E-state index in [0.29, 0.717) is 13.0 Å². The Balaban J connectivity index is 1.35. The molecule has 3 rings (SSSR count). The van der Waals surface area contributed by atoms with Crippen molar-refractivity contribution in [1.82, 2.24) is 10.2 Å². The van der Waals surface area contributed by atoms with Crippen LogP contribution in [0.25, 0.3) is 0 Å². The molecule has 0 aromatic heterocycles. The smallest absolute Gasteiger partial charge is 0.308 e. The van der Waals surface area contributed by atoms with Gasteiger partial charge in [-0.3, -0.25) is 24.1 Å². The molecule has 30 heavy (non-hydrogen) atoms. The lowest BCUT2D eigenvalue weighted by Crippen LogP contribution is -2.34. The van der Waals surface area contributed by atoms with E-state index in [1.165, 1.54) is 4.90 Å². The lowest BCUT2D eigenvalue weighted by molar-refractivity contribution is -0.149. The number of amides is 3. The van der Waals surface area contributed by atoms with Crippen LogP contribution < -0.4 is 10.1 Å². The number of fused-ring (bicyclic) bond motifs is 1. The molecule has 1 aromatic carbocycles. The van der Waals surface area contributed by atoms with E-state index in [1.807, 2.05) is 24.3 Å². The van der Waals surface area contributed by atoms with Crippen molar-refractivity contribution in [3.05, 3.63) is 29.8 Å². The molecule has 1 N–H and O–H groups in total. The van der Waals surface area contributed by atoms with Crippen LogP contribution in [-0.2, 0) is 30.3 Å². The summed E-state index contributed by atoms with van der Waals surface area (Å²) in [5, 5.41) is 2.69. The second-order valence-electron chi connectivity index (χ2n) is 7.65. The molecule has 3 amide bonds. The van der Waals surface area contributed by atoms with Crippen molar-refractivity contribution >= 4 is 23.7 Å². The molecule has 0 bridgehead atoms. The van der Waals surface area contributed by atoms with Gasteiger partial charge in [-0.05, 0) is 30.9 Å². The Bertz CT molecular complexity index is 785. The quantitative estimate of drug-likeness (QED) is 0.483. The Morgan fingerprint density at radius 1 is 1.10 bits per heavy atom. The van der Waals surface area contributed by atoms with Crippen LogP contribution in [0.3, 0.4) is 0 Å². The third-order valence-corrected chi connectivity index (χ3v) is 5.75. The lowest BCUT2D eigenvalue weighted by atomic mass is 9.81. The van der Waals surface area contributed by atoms with E-state index in [4.69, 9.17) is 9.47 Å². The number of ether oxygens (including phenoxy) is 2. The molecule has 2 fully saturated rings. The van der Waals surface area contributed by atoms with Crippen LogP contribution in [0.5, 0.6) is 5.75 Å². The fraction of sp³-hybridized carbons (Fsp3) is 0.545. The van der Waals surface area contributed by atoms with E-state index in [9.17, 15) is 19.2 Å². The number of nitrogens with one attached hydrogen (secondary N) is 1. The minimum Gasteiger partial charge on any atom is -0.496 e. The van der Waals surface area contributed by atoms with Gasteiger partial charge in [0, 0.05) is 13.1 Å². The largest absolute Gasteiger partial charge is 0.496 e. The first kappa shape index (κ1) is 21.8. The van der Waals surface area contributed by atoms with Crippen molar-refractivity contribution in [2.24, 2.45) is 11.8 Å². The number of likely N-dealkylation sites (tertiary alicyclic amines) is 1. The molecule has 1 aliphatic carbocycles. The molecule has 0 radical (unpaired) electrons. The third-order valence-electron chi connectivity index (χ3n) is 5.75. The zero-order valence-electron chi connectivity index (χ0n) is 17.2. The number of imide groups is 1. The van der Waals surface area contributed by atoms with E-state index in [1.54, 1.807) is 7.11 Å². The van der Waals surface area contributed by atoms with E-state index in [2.05, 4.69) is 5.32 Å². The molecule has 1 aromatic rings. The number of carbonyl (C=O) groups is 4. The second kappa shape index (κ2) is 10.2. The maximum atomic E-state index is 12.4. The summed E-state index contributed by atoms with van der Waals surface area (Å²) in [6, 6.07) is 7.54.